The normalized spacial score (nSPS) is 18.0. The van der Waals surface area contributed by atoms with Crippen LogP contribution in [0, 0.1) is 0 Å². The van der Waals surface area contributed by atoms with Crippen molar-refractivity contribution >= 4 is 16.9 Å². The van der Waals surface area contributed by atoms with E-state index in [1.54, 1.807) is 12.3 Å². The Morgan fingerprint density at radius 3 is 3.13 bits per heavy atom. The minimum absolute atomic E-state index is 0.0321. The fraction of sp³-hybridized carbons (Fsp3) is 0.312. The molecule has 3 N–H and O–H groups in total. The van der Waals surface area contributed by atoms with E-state index in [4.69, 9.17) is 0 Å². The van der Waals surface area contributed by atoms with E-state index in [0.717, 1.165) is 30.5 Å². The van der Waals surface area contributed by atoms with Crippen molar-refractivity contribution < 1.29 is 9.90 Å². The third kappa shape index (κ3) is 2.29. The smallest absolute Gasteiger partial charge is 0.256 e. The number of nitrogens with one attached hydrogen (secondary N) is 2. The molecule has 1 unspecified atom stereocenters. The van der Waals surface area contributed by atoms with Gasteiger partial charge in [-0.2, -0.15) is 5.10 Å². The summed E-state index contributed by atoms with van der Waals surface area (Å²) >= 11 is 0. The molecule has 1 amide bonds. The zero-order valence-corrected chi connectivity index (χ0v) is 12.5. The lowest BCUT2D eigenvalue weighted by Gasteiger charge is -2.24. The van der Waals surface area contributed by atoms with Crippen molar-refractivity contribution in [3.8, 4) is 0 Å². The van der Waals surface area contributed by atoms with Crippen LogP contribution in [0.4, 0.5) is 0 Å². The Hall–Kier alpha value is -2.67. The maximum atomic E-state index is 13.0. The first-order chi connectivity index (χ1) is 11.3. The van der Waals surface area contributed by atoms with E-state index in [-0.39, 0.29) is 18.6 Å². The molecule has 7 heteroatoms. The largest absolute Gasteiger partial charge is 0.388 e. The molecular weight excluding hydrogens is 294 g/mol. The van der Waals surface area contributed by atoms with Crippen LogP contribution < -0.4 is 0 Å². The molecule has 1 aliphatic rings. The number of imidazole rings is 1. The number of hydrogen-bond acceptors (Lipinski definition) is 4. The number of aliphatic hydroxyl groups is 1. The van der Waals surface area contributed by atoms with Crippen molar-refractivity contribution in [1.82, 2.24) is 25.1 Å². The number of aromatic nitrogens is 4. The Labute approximate surface area is 132 Å². The molecule has 23 heavy (non-hydrogen) atoms. The summed E-state index contributed by atoms with van der Waals surface area (Å²) in [6, 6.07) is 5.53. The zero-order valence-electron chi connectivity index (χ0n) is 12.5. The van der Waals surface area contributed by atoms with Gasteiger partial charge in [0.05, 0.1) is 23.3 Å². The van der Waals surface area contributed by atoms with E-state index < -0.39 is 0 Å². The Bertz CT molecular complexity index is 839. The molecule has 0 bridgehead atoms. The van der Waals surface area contributed by atoms with Gasteiger partial charge in [0.25, 0.3) is 5.91 Å². The summed E-state index contributed by atoms with van der Waals surface area (Å²) in [6.07, 6.45) is 5.52. The molecule has 1 atom stereocenters. The van der Waals surface area contributed by atoms with Gasteiger partial charge in [0, 0.05) is 18.3 Å². The van der Waals surface area contributed by atoms with Crippen LogP contribution in [-0.4, -0.2) is 42.6 Å². The molecule has 1 fully saturated rings. The fourth-order valence-corrected chi connectivity index (χ4v) is 3.28. The number of benzene rings is 1. The standard InChI is InChI=1S/C16H17N5O2/c22-9-14-19-12-4-1-3-11(15(12)20-14)16(23)21-6-2-5-13(21)10-7-17-18-8-10/h1,3-4,7-8,13,22H,2,5-6,9H2,(H,17,18)(H,19,20). The van der Waals surface area contributed by atoms with E-state index in [1.165, 1.54) is 0 Å². The summed E-state index contributed by atoms with van der Waals surface area (Å²) in [4.78, 5) is 22.3. The number of para-hydroxylation sites is 1. The second-order valence-electron chi connectivity index (χ2n) is 5.73. The first kappa shape index (κ1) is 14.0. The minimum atomic E-state index is -0.177. The molecule has 1 saturated heterocycles. The highest BCUT2D eigenvalue weighted by Crippen LogP contribution is 2.33. The van der Waals surface area contributed by atoms with Crippen LogP contribution in [0.5, 0.6) is 0 Å². The van der Waals surface area contributed by atoms with Crippen LogP contribution in [-0.2, 0) is 6.61 Å². The average Bonchev–Trinajstić information content (AvgIpc) is 3.31. The first-order valence-corrected chi connectivity index (χ1v) is 7.66. The number of H-pyrrole nitrogens is 2. The molecule has 0 radical (unpaired) electrons. The lowest BCUT2D eigenvalue weighted by atomic mass is 10.1. The van der Waals surface area contributed by atoms with Gasteiger partial charge >= 0.3 is 0 Å². The second-order valence-corrected chi connectivity index (χ2v) is 5.73. The topological polar surface area (TPSA) is 97.9 Å². The summed E-state index contributed by atoms with van der Waals surface area (Å²) in [5.74, 6) is 0.434. The van der Waals surface area contributed by atoms with Gasteiger partial charge in [-0.05, 0) is 25.0 Å². The molecule has 7 nitrogen and oxygen atoms in total. The summed E-state index contributed by atoms with van der Waals surface area (Å²) in [6.45, 7) is 0.548. The van der Waals surface area contributed by atoms with E-state index in [9.17, 15) is 9.90 Å². The van der Waals surface area contributed by atoms with Gasteiger partial charge in [0.2, 0.25) is 0 Å². The third-order valence-electron chi connectivity index (χ3n) is 4.36. The number of fused-ring (bicyclic) bond motifs is 1. The van der Waals surface area contributed by atoms with E-state index in [2.05, 4.69) is 20.2 Å². The molecule has 1 aromatic carbocycles. The van der Waals surface area contributed by atoms with Crippen molar-refractivity contribution in [2.45, 2.75) is 25.5 Å². The van der Waals surface area contributed by atoms with Crippen LogP contribution >= 0.6 is 0 Å². The molecule has 2 aromatic heterocycles. The Balaban J connectivity index is 1.72. The van der Waals surface area contributed by atoms with E-state index in [0.29, 0.717) is 16.9 Å². The van der Waals surface area contributed by atoms with Gasteiger partial charge in [0.1, 0.15) is 17.9 Å². The van der Waals surface area contributed by atoms with Gasteiger partial charge in [-0.1, -0.05) is 6.07 Å². The van der Waals surface area contributed by atoms with Crippen LogP contribution in [0.2, 0.25) is 0 Å². The fourth-order valence-electron chi connectivity index (χ4n) is 3.28. The van der Waals surface area contributed by atoms with Gasteiger partial charge in [0.15, 0.2) is 0 Å². The molecule has 3 heterocycles. The molecule has 0 spiro atoms. The number of amides is 1. The lowest BCUT2D eigenvalue weighted by molar-refractivity contribution is 0.0737. The summed E-state index contributed by atoms with van der Waals surface area (Å²) in [5, 5.41) is 16.1. The summed E-state index contributed by atoms with van der Waals surface area (Å²) < 4.78 is 0. The van der Waals surface area contributed by atoms with Crippen LogP contribution in [0.3, 0.4) is 0 Å². The number of carbonyl (C=O) groups is 1. The number of aromatic amines is 2. The lowest BCUT2D eigenvalue weighted by Crippen LogP contribution is -2.30. The highest BCUT2D eigenvalue weighted by Gasteiger charge is 2.32. The molecule has 1 aliphatic heterocycles. The van der Waals surface area contributed by atoms with E-state index in [1.807, 2.05) is 23.2 Å². The zero-order chi connectivity index (χ0) is 15.8. The SMILES string of the molecule is O=C(c1cccc2[nH]c(CO)nc12)N1CCCC1c1cn[nH]c1. The highest BCUT2D eigenvalue weighted by atomic mass is 16.3. The number of hydrogen-bond donors (Lipinski definition) is 3. The van der Waals surface area contributed by atoms with Crippen molar-refractivity contribution in [3.05, 3.63) is 47.5 Å². The van der Waals surface area contributed by atoms with Crippen LogP contribution in [0.15, 0.2) is 30.6 Å². The number of rotatable bonds is 3. The third-order valence-corrected chi connectivity index (χ3v) is 4.36. The molecule has 4 rings (SSSR count). The predicted octanol–water partition coefficient (Wildman–Crippen LogP) is 1.76. The van der Waals surface area contributed by atoms with Crippen molar-refractivity contribution in [3.63, 3.8) is 0 Å². The quantitative estimate of drug-likeness (QED) is 0.686. The first-order valence-electron chi connectivity index (χ1n) is 7.66. The highest BCUT2D eigenvalue weighted by molar-refractivity contribution is 6.05. The summed E-state index contributed by atoms with van der Waals surface area (Å²) in [5.41, 5.74) is 2.97. The minimum Gasteiger partial charge on any atom is -0.388 e. The van der Waals surface area contributed by atoms with Crippen LogP contribution in [0.25, 0.3) is 11.0 Å². The van der Waals surface area contributed by atoms with Crippen molar-refractivity contribution in [2.75, 3.05) is 6.54 Å². The Morgan fingerprint density at radius 1 is 1.43 bits per heavy atom. The Kier molecular flexibility index (Phi) is 3.34. The molecule has 3 aromatic rings. The van der Waals surface area contributed by atoms with Crippen molar-refractivity contribution in [2.24, 2.45) is 0 Å². The maximum Gasteiger partial charge on any atom is 0.256 e. The number of nitrogens with zero attached hydrogens (tertiary/aromatic N) is 3. The second kappa shape index (κ2) is 5.51. The van der Waals surface area contributed by atoms with Crippen molar-refractivity contribution in [1.29, 1.82) is 0 Å². The Morgan fingerprint density at radius 2 is 2.35 bits per heavy atom. The number of carbonyl (C=O) groups excluding carboxylic acids is 1. The van der Waals surface area contributed by atoms with Gasteiger partial charge in [-0.25, -0.2) is 4.98 Å². The number of likely N-dealkylation sites (tertiary alicyclic amines) is 1. The van der Waals surface area contributed by atoms with Crippen LogP contribution in [0.1, 0.15) is 40.6 Å². The predicted molar refractivity (Wildman–Crippen MR) is 83.6 cm³/mol. The maximum absolute atomic E-state index is 13.0. The average molecular weight is 311 g/mol. The molecular formula is C16H17N5O2. The molecule has 0 saturated carbocycles. The molecule has 118 valence electrons. The van der Waals surface area contributed by atoms with Gasteiger partial charge < -0.3 is 15.0 Å². The van der Waals surface area contributed by atoms with E-state index >= 15 is 0 Å². The monoisotopic (exact) mass is 311 g/mol. The molecule has 0 aliphatic carbocycles. The van der Waals surface area contributed by atoms with Gasteiger partial charge in [-0.3, -0.25) is 9.89 Å². The number of aliphatic hydroxyl groups excluding tert-OH is 1. The van der Waals surface area contributed by atoms with Gasteiger partial charge in [-0.15, -0.1) is 0 Å². The summed E-state index contributed by atoms with van der Waals surface area (Å²) in [7, 11) is 0.